The maximum atomic E-state index is 12.4. The number of rotatable bonds is 5. The standard InChI is InChI=1S/C16H24N2O2/c1-4-11(2)10-12(3)18-16(19)13-6-5-7-14-15(13)20-9-8-17-14/h5-7,11-12,17H,4,8-10H2,1-3H3,(H,18,19). The van der Waals surface area contributed by atoms with E-state index in [4.69, 9.17) is 4.74 Å². The Hall–Kier alpha value is -1.71. The van der Waals surface area contributed by atoms with E-state index in [1.807, 2.05) is 18.2 Å². The van der Waals surface area contributed by atoms with E-state index >= 15 is 0 Å². The molecule has 0 aliphatic carbocycles. The average molecular weight is 276 g/mol. The largest absolute Gasteiger partial charge is 0.489 e. The zero-order valence-corrected chi connectivity index (χ0v) is 12.5. The van der Waals surface area contributed by atoms with Crippen LogP contribution in [0.15, 0.2) is 18.2 Å². The van der Waals surface area contributed by atoms with Crippen molar-refractivity contribution >= 4 is 11.6 Å². The highest BCUT2D eigenvalue weighted by Crippen LogP contribution is 2.31. The number of hydrogen-bond acceptors (Lipinski definition) is 3. The molecule has 4 heteroatoms. The highest BCUT2D eigenvalue weighted by molar-refractivity contribution is 5.99. The molecule has 1 aromatic rings. The lowest BCUT2D eigenvalue weighted by molar-refractivity contribution is 0.0931. The van der Waals surface area contributed by atoms with E-state index in [-0.39, 0.29) is 11.9 Å². The first-order valence-electron chi connectivity index (χ1n) is 7.42. The van der Waals surface area contributed by atoms with Gasteiger partial charge in [0.15, 0.2) is 5.75 Å². The summed E-state index contributed by atoms with van der Waals surface area (Å²) >= 11 is 0. The molecule has 2 unspecified atom stereocenters. The second-order valence-electron chi connectivity index (χ2n) is 5.58. The van der Waals surface area contributed by atoms with Gasteiger partial charge in [0.1, 0.15) is 6.61 Å². The number of anilines is 1. The zero-order valence-electron chi connectivity index (χ0n) is 12.5. The second-order valence-corrected chi connectivity index (χ2v) is 5.58. The number of fused-ring (bicyclic) bond motifs is 1. The molecule has 0 bridgehead atoms. The molecule has 1 aliphatic rings. The first-order chi connectivity index (χ1) is 9.61. The molecule has 0 fully saturated rings. The highest BCUT2D eigenvalue weighted by Gasteiger charge is 2.20. The maximum absolute atomic E-state index is 12.4. The number of ether oxygens (including phenoxy) is 1. The summed E-state index contributed by atoms with van der Waals surface area (Å²) in [6.07, 6.45) is 2.13. The van der Waals surface area contributed by atoms with Crippen molar-refractivity contribution in [3.05, 3.63) is 23.8 Å². The Bertz CT molecular complexity index is 474. The molecule has 2 rings (SSSR count). The van der Waals surface area contributed by atoms with Crippen molar-refractivity contribution in [2.75, 3.05) is 18.5 Å². The minimum absolute atomic E-state index is 0.0543. The Balaban J connectivity index is 2.06. The molecule has 1 amide bonds. The van der Waals surface area contributed by atoms with Gasteiger partial charge in [-0.25, -0.2) is 0 Å². The summed E-state index contributed by atoms with van der Waals surface area (Å²) in [6.45, 7) is 7.81. The van der Waals surface area contributed by atoms with E-state index in [0.717, 1.165) is 25.1 Å². The lowest BCUT2D eigenvalue weighted by Crippen LogP contribution is -2.34. The van der Waals surface area contributed by atoms with Crippen LogP contribution >= 0.6 is 0 Å². The zero-order chi connectivity index (χ0) is 14.5. The second kappa shape index (κ2) is 6.64. The molecule has 2 N–H and O–H groups in total. The summed E-state index contributed by atoms with van der Waals surface area (Å²) < 4.78 is 5.64. The molecular formula is C16H24N2O2. The highest BCUT2D eigenvalue weighted by atomic mass is 16.5. The summed E-state index contributed by atoms with van der Waals surface area (Å²) in [4.78, 5) is 12.4. The summed E-state index contributed by atoms with van der Waals surface area (Å²) in [7, 11) is 0. The van der Waals surface area contributed by atoms with E-state index in [9.17, 15) is 4.79 Å². The molecule has 0 spiro atoms. The van der Waals surface area contributed by atoms with Crippen molar-refractivity contribution in [1.82, 2.24) is 5.32 Å². The molecule has 0 aromatic heterocycles. The van der Waals surface area contributed by atoms with Crippen molar-refractivity contribution in [3.8, 4) is 5.75 Å². The average Bonchev–Trinajstić information content (AvgIpc) is 2.46. The van der Waals surface area contributed by atoms with Crippen LogP contribution in [0, 0.1) is 5.92 Å². The molecule has 4 nitrogen and oxygen atoms in total. The number of benzene rings is 1. The molecule has 0 saturated carbocycles. The number of amides is 1. The molecule has 2 atom stereocenters. The lowest BCUT2D eigenvalue weighted by Gasteiger charge is -2.23. The predicted octanol–water partition coefficient (Wildman–Crippen LogP) is 3.05. The quantitative estimate of drug-likeness (QED) is 0.869. The summed E-state index contributed by atoms with van der Waals surface area (Å²) in [5.41, 5.74) is 1.52. The number of carbonyl (C=O) groups is 1. The van der Waals surface area contributed by atoms with Gasteiger partial charge in [0, 0.05) is 12.6 Å². The normalized spacial score (nSPS) is 16.4. The van der Waals surface area contributed by atoms with Gasteiger partial charge in [0.25, 0.3) is 5.91 Å². The van der Waals surface area contributed by atoms with Crippen molar-refractivity contribution in [3.63, 3.8) is 0 Å². The number of nitrogens with one attached hydrogen (secondary N) is 2. The fraction of sp³-hybridized carbons (Fsp3) is 0.562. The molecule has 0 radical (unpaired) electrons. The fourth-order valence-electron chi connectivity index (χ4n) is 2.48. The summed E-state index contributed by atoms with van der Waals surface area (Å²) in [6, 6.07) is 5.81. The van der Waals surface area contributed by atoms with E-state index in [2.05, 4.69) is 31.4 Å². The van der Waals surface area contributed by atoms with E-state index in [1.165, 1.54) is 0 Å². The first-order valence-corrected chi connectivity index (χ1v) is 7.42. The minimum Gasteiger partial charge on any atom is -0.489 e. The maximum Gasteiger partial charge on any atom is 0.255 e. The monoisotopic (exact) mass is 276 g/mol. The van der Waals surface area contributed by atoms with Crippen molar-refractivity contribution < 1.29 is 9.53 Å². The molecule has 20 heavy (non-hydrogen) atoms. The van der Waals surface area contributed by atoms with Crippen LogP contribution in [0.3, 0.4) is 0 Å². The van der Waals surface area contributed by atoms with Crippen LogP contribution in [0.4, 0.5) is 5.69 Å². The molecule has 110 valence electrons. The number of hydrogen-bond donors (Lipinski definition) is 2. The Morgan fingerprint density at radius 1 is 1.45 bits per heavy atom. The van der Waals surface area contributed by atoms with E-state index in [0.29, 0.717) is 23.8 Å². The summed E-state index contributed by atoms with van der Waals surface area (Å²) in [5, 5.41) is 6.31. The van der Waals surface area contributed by atoms with Gasteiger partial charge in [0.05, 0.1) is 11.3 Å². The number of carbonyl (C=O) groups excluding carboxylic acids is 1. The van der Waals surface area contributed by atoms with Gasteiger partial charge in [-0.2, -0.15) is 0 Å². The molecule has 1 aliphatic heterocycles. The molecular weight excluding hydrogens is 252 g/mol. The summed E-state index contributed by atoms with van der Waals surface area (Å²) in [5.74, 6) is 1.24. The third kappa shape index (κ3) is 3.44. The molecule has 1 heterocycles. The first kappa shape index (κ1) is 14.7. The Morgan fingerprint density at radius 2 is 2.25 bits per heavy atom. The van der Waals surface area contributed by atoms with Crippen LogP contribution in [0.5, 0.6) is 5.75 Å². The van der Waals surface area contributed by atoms with Gasteiger partial charge >= 0.3 is 0 Å². The lowest BCUT2D eigenvalue weighted by atomic mass is 10.00. The van der Waals surface area contributed by atoms with Gasteiger partial charge in [-0.3, -0.25) is 4.79 Å². The molecule has 0 saturated heterocycles. The Morgan fingerprint density at radius 3 is 3.00 bits per heavy atom. The molecule has 1 aromatic carbocycles. The van der Waals surface area contributed by atoms with Gasteiger partial charge in [-0.05, 0) is 31.4 Å². The fourth-order valence-corrected chi connectivity index (χ4v) is 2.48. The smallest absolute Gasteiger partial charge is 0.255 e. The van der Waals surface area contributed by atoms with Crippen LogP contribution in [0.1, 0.15) is 44.0 Å². The van der Waals surface area contributed by atoms with Crippen molar-refractivity contribution in [1.29, 1.82) is 0 Å². The minimum atomic E-state index is -0.0543. The van der Waals surface area contributed by atoms with Crippen LogP contribution in [-0.4, -0.2) is 25.1 Å². The third-order valence-corrected chi connectivity index (χ3v) is 3.75. The van der Waals surface area contributed by atoms with Gasteiger partial charge < -0.3 is 15.4 Å². The van der Waals surface area contributed by atoms with Crippen LogP contribution in [0.25, 0.3) is 0 Å². The van der Waals surface area contributed by atoms with Gasteiger partial charge in [-0.15, -0.1) is 0 Å². The van der Waals surface area contributed by atoms with Crippen molar-refractivity contribution in [2.24, 2.45) is 5.92 Å². The Labute approximate surface area is 120 Å². The van der Waals surface area contributed by atoms with Crippen LogP contribution < -0.4 is 15.4 Å². The van der Waals surface area contributed by atoms with Gasteiger partial charge in [0.2, 0.25) is 0 Å². The predicted molar refractivity (Wildman–Crippen MR) is 81.4 cm³/mol. The van der Waals surface area contributed by atoms with Crippen molar-refractivity contribution in [2.45, 2.75) is 39.7 Å². The van der Waals surface area contributed by atoms with E-state index < -0.39 is 0 Å². The van der Waals surface area contributed by atoms with E-state index in [1.54, 1.807) is 0 Å². The van der Waals surface area contributed by atoms with Crippen LogP contribution in [-0.2, 0) is 0 Å². The van der Waals surface area contributed by atoms with Gasteiger partial charge in [-0.1, -0.05) is 26.3 Å². The topological polar surface area (TPSA) is 50.4 Å². The van der Waals surface area contributed by atoms with Crippen LogP contribution in [0.2, 0.25) is 0 Å². The third-order valence-electron chi connectivity index (χ3n) is 3.75. The Kier molecular flexibility index (Phi) is 4.88. The number of para-hydroxylation sites is 1. The SMILES string of the molecule is CCC(C)CC(C)NC(=O)c1cccc2c1OCCN2.